The first kappa shape index (κ1) is 14.8. The largest absolute Gasteiger partial charge is 0.508 e. The van der Waals surface area contributed by atoms with Gasteiger partial charge in [-0.15, -0.1) is 0 Å². The maximum absolute atomic E-state index is 11.9. The van der Waals surface area contributed by atoms with E-state index in [9.17, 15) is 9.90 Å². The lowest BCUT2D eigenvalue weighted by Gasteiger charge is -2.20. The molecule has 1 aliphatic rings. The van der Waals surface area contributed by atoms with E-state index in [0.29, 0.717) is 6.42 Å². The zero-order valence-electron chi connectivity index (χ0n) is 12.0. The third kappa shape index (κ3) is 2.90. The minimum absolute atomic E-state index is 0.0818. The van der Waals surface area contributed by atoms with Gasteiger partial charge < -0.3 is 5.11 Å². The number of amides is 1. The van der Waals surface area contributed by atoms with E-state index >= 15 is 0 Å². The van der Waals surface area contributed by atoms with Crippen molar-refractivity contribution in [2.24, 2.45) is 5.10 Å². The fourth-order valence-corrected chi connectivity index (χ4v) is 2.84. The van der Waals surface area contributed by atoms with Crippen LogP contribution in [0.15, 0.2) is 58.1 Å². The number of phenols is 1. The van der Waals surface area contributed by atoms with Gasteiger partial charge in [0.15, 0.2) is 0 Å². The number of halogens is 1. The summed E-state index contributed by atoms with van der Waals surface area (Å²) in [6, 6.07) is 14.7. The highest BCUT2D eigenvalue weighted by atomic mass is 79.9. The van der Waals surface area contributed by atoms with Gasteiger partial charge in [0.1, 0.15) is 5.75 Å². The first-order chi connectivity index (χ1) is 10.5. The molecular weight excluding hydrogens is 344 g/mol. The average Bonchev–Trinajstić information content (AvgIpc) is 2.94. The summed E-state index contributed by atoms with van der Waals surface area (Å²) < 4.78 is 1.00. The number of benzene rings is 2. The molecule has 0 aromatic heterocycles. The first-order valence-corrected chi connectivity index (χ1v) is 7.76. The summed E-state index contributed by atoms with van der Waals surface area (Å²) in [6.45, 7) is 1.52. The lowest BCUT2D eigenvalue weighted by molar-refractivity contribution is -0.130. The molecule has 0 radical (unpaired) electrons. The SMILES string of the molecule is CC(=O)N1N=C(c2ccc(O)cc2)C[C@H]1c1ccc(Br)cc1. The normalized spacial score (nSPS) is 17.5. The monoisotopic (exact) mass is 358 g/mol. The van der Waals surface area contributed by atoms with Crippen molar-refractivity contribution in [3.63, 3.8) is 0 Å². The Morgan fingerprint density at radius 2 is 1.82 bits per heavy atom. The van der Waals surface area contributed by atoms with Crippen LogP contribution < -0.4 is 0 Å². The van der Waals surface area contributed by atoms with Crippen LogP contribution in [0.1, 0.15) is 30.5 Å². The Hall–Kier alpha value is -2.14. The molecule has 2 aromatic rings. The Morgan fingerprint density at radius 1 is 1.18 bits per heavy atom. The lowest BCUT2D eigenvalue weighted by atomic mass is 9.98. The molecule has 1 N–H and O–H groups in total. The molecule has 22 heavy (non-hydrogen) atoms. The molecule has 1 amide bonds. The van der Waals surface area contributed by atoms with Gasteiger partial charge in [0.25, 0.3) is 0 Å². The molecule has 5 heteroatoms. The minimum atomic E-state index is -0.0885. The number of hydrogen-bond donors (Lipinski definition) is 1. The molecule has 3 rings (SSSR count). The molecule has 4 nitrogen and oxygen atoms in total. The molecule has 0 saturated carbocycles. The number of carbonyl (C=O) groups excluding carboxylic acids is 1. The van der Waals surface area contributed by atoms with Crippen molar-refractivity contribution in [3.8, 4) is 5.75 Å². The Bertz CT molecular complexity index is 723. The van der Waals surface area contributed by atoms with Crippen LogP contribution >= 0.6 is 15.9 Å². The number of aromatic hydroxyl groups is 1. The van der Waals surface area contributed by atoms with E-state index < -0.39 is 0 Å². The summed E-state index contributed by atoms with van der Waals surface area (Å²) in [5, 5.41) is 15.4. The van der Waals surface area contributed by atoms with E-state index in [2.05, 4.69) is 21.0 Å². The van der Waals surface area contributed by atoms with Gasteiger partial charge in [0, 0.05) is 17.8 Å². The van der Waals surface area contributed by atoms with Crippen molar-refractivity contribution >= 4 is 27.5 Å². The van der Waals surface area contributed by atoms with Crippen LogP contribution in [0.4, 0.5) is 0 Å². The second-order valence-electron chi connectivity index (χ2n) is 5.23. The second-order valence-corrected chi connectivity index (χ2v) is 6.14. The summed E-state index contributed by atoms with van der Waals surface area (Å²) in [6.07, 6.45) is 0.659. The zero-order chi connectivity index (χ0) is 15.7. The maximum Gasteiger partial charge on any atom is 0.240 e. The maximum atomic E-state index is 11.9. The quantitative estimate of drug-likeness (QED) is 0.886. The van der Waals surface area contributed by atoms with Crippen molar-refractivity contribution < 1.29 is 9.90 Å². The summed E-state index contributed by atoms with van der Waals surface area (Å²) in [5.74, 6) is 0.136. The second kappa shape index (κ2) is 5.93. The van der Waals surface area contributed by atoms with Crippen LogP contribution in [0, 0.1) is 0 Å². The van der Waals surface area contributed by atoms with Crippen LogP contribution in [0.3, 0.4) is 0 Å². The third-order valence-corrected chi connectivity index (χ3v) is 4.22. The van der Waals surface area contributed by atoms with Crippen LogP contribution in [0.2, 0.25) is 0 Å². The zero-order valence-corrected chi connectivity index (χ0v) is 13.6. The standard InChI is InChI=1S/C17H15BrN2O2/c1-11(21)20-17(13-2-6-14(18)7-3-13)10-16(19-20)12-4-8-15(22)9-5-12/h2-9,17,22H,10H2,1H3/t17-/m0/s1. The van der Waals surface area contributed by atoms with E-state index in [4.69, 9.17) is 0 Å². The number of hydrogen-bond acceptors (Lipinski definition) is 3. The van der Waals surface area contributed by atoms with Crippen molar-refractivity contribution in [3.05, 3.63) is 64.1 Å². The molecule has 0 fully saturated rings. The van der Waals surface area contributed by atoms with Gasteiger partial charge in [-0.05, 0) is 47.5 Å². The lowest BCUT2D eigenvalue weighted by Crippen LogP contribution is -2.24. The van der Waals surface area contributed by atoms with E-state index in [1.165, 1.54) is 11.9 Å². The molecular formula is C17H15BrN2O2. The summed E-state index contributed by atoms with van der Waals surface area (Å²) >= 11 is 3.42. The van der Waals surface area contributed by atoms with Gasteiger partial charge in [-0.3, -0.25) is 4.79 Å². The van der Waals surface area contributed by atoms with Crippen LogP contribution in [-0.4, -0.2) is 21.7 Å². The smallest absolute Gasteiger partial charge is 0.240 e. The Morgan fingerprint density at radius 3 is 2.41 bits per heavy atom. The van der Waals surface area contributed by atoms with Gasteiger partial charge in [0.2, 0.25) is 5.91 Å². The average molecular weight is 359 g/mol. The molecule has 0 bridgehead atoms. The van der Waals surface area contributed by atoms with Gasteiger partial charge in [-0.2, -0.15) is 5.10 Å². The van der Waals surface area contributed by atoms with Gasteiger partial charge >= 0.3 is 0 Å². The van der Waals surface area contributed by atoms with Gasteiger partial charge in [-0.1, -0.05) is 28.1 Å². The molecule has 2 aromatic carbocycles. The van der Waals surface area contributed by atoms with Crippen molar-refractivity contribution in [1.29, 1.82) is 0 Å². The first-order valence-electron chi connectivity index (χ1n) is 6.97. The number of rotatable bonds is 2. The molecule has 1 atom stereocenters. The van der Waals surface area contributed by atoms with Crippen LogP contribution in [0.25, 0.3) is 0 Å². The Balaban J connectivity index is 1.92. The van der Waals surface area contributed by atoms with Crippen LogP contribution in [-0.2, 0) is 4.79 Å². The Labute approximate surface area is 137 Å². The number of nitrogens with zero attached hydrogens (tertiary/aromatic N) is 2. The van der Waals surface area contributed by atoms with Crippen molar-refractivity contribution in [2.75, 3.05) is 0 Å². The Kier molecular flexibility index (Phi) is 3.98. The minimum Gasteiger partial charge on any atom is -0.508 e. The van der Waals surface area contributed by atoms with E-state index in [1.807, 2.05) is 36.4 Å². The van der Waals surface area contributed by atoms with Gasteiger partial charge in [0.05, 0.1) is 11.8 Å². The highest BCUT2D eigenvalue weighted by Gasteiger charge is 2.31. The highest BCUT2D eigenvalue weighted by Crippen LogP contribution is 2.33. The fourth-order valence-electron chi connectivity index (χ4n) is 2.57. The number of phenolic OH excluding ortho intramolecular Hbond substituents is 1. The van der Waals surface area contributed by atoms with Crippen molar-refractivity contribution in [2.45, 2.75) is 19.4 Å². The van der Waals surface area contributed by atoms with Gasteiger partial charge in [-0.25, -0.2) is 5.01 Å². The van der Waals surface area contributed by atoms with Crippen LogP contribution in [0.5, 0.6) is 5.75 Å². The third-order valence-electron chi connectivity index (χ3n) is 3.69. The molecule has 0 spiro atoms. The molecule has 0 aliphatic carbocycles. The highest BCUT2D eigenvalue weighted by molar-refractivity contribution is 9.10. The molecule has 0 saturated heterocycles. The molecule has 1 aliphatic heterocycles. The fraction of sp³-hybridized carbons (Fsp3) is 0.176. The summed E-state index contributed by atoms with van der Waals surface area (Å²) in [7, 11) is 0. The van der Waals surface area contributed by atoms with Crippen molar-refractivity contribution in [1.82, 2.24) is 5.01 Å². The molecule has 0 unspecified atom stereocenters. The number of carbonyl (C=O) groups is 1. The molecule has 1 heterocycles. The molecule has 112 valence electrons. The summed E-state index contributed by atoms with van der Waals surface area (Å²) in [5.41, 5.74) is 2.82. The van der Waals surface area contributed by atoms with E-state index in [0.717, 1.165) is 21.3 Å². The predicted octanol–water partition coefficient (Wildman–Crippen LogP) is 3.85. The van der Waals surface area contributed by atoms with E-state index in [-0.39, 0.29) is 17.7 Å². The topological polar surface area (TPSA) is 52.9 Å². The number of hydrazone groups is 1. The van der Waals surface area contributed by atoms with E-state index in [1.54, 1.807) is 12.1 Å². The predicted molar refractivity (Wildman–Crippen MR) is 88.7 cm³/mol. The summed E-state index contributed by atoms with van der Waals surface area (Å²) in [4.78, 5) is 11.9.